The zero-order valence-electron chi connectivity index (χ0n) is 14.0. The van der Waals surface area contributed by atoms with Gasteiger partial charge in [-0.05, 0) is 42.3 Å². The molecule has 0 aromatic heterocycles. The van der Waals surface area contributed by atoms with E-state index in [1.165, 1.54) is 0 Å². The van der Waals surface area contributed by atoms with Gasteiger partial charge in [-0.2, -0.15) is 0 Å². The minimum atomic E-state index is 0.471. The van der Waals surface area contributed by atoms with Crippen LogP contribution in [0.4, 0.5) is 0 Å². The number of methoxy groups -OCH3 is 2. The second kappa shape index (κ2) is 7.73. The van der Waals surface area contributed by atoms with Crippen LogP contribution in [0, 0.1) is 0 Å². The van der Waals surface area contributed by atoms with Crippen molar-refractivity contribution in [2.75, 3.05) is 27.3 Å². The second-order valence-corrected chi connectivity index (χ2v) is 5.51. The first kappa shape index (κ1) is 16.2. The molecule has 1 heterocycles. The molecular weight excluding hydrogens is 304 g/mol. The molecule has 24 heavy (non-hydrogen) atoms. The van der Waals surface area contributed by atoms with Crippen LogP contribution in [0.3, 0.4) is 0 Å². The summed E-state index contributed by atoms with van der Waals surface area (Å²) in [5.74, 6) is 3.17. The number of aliphatic imine (C=N–C) groups is 1. The van der Waals surface area contributed by atoms with E-state index in [-0.39, 0.29) is 0 Å². The highest BCUT2D eigenvalue weighted by Gasteiger charge is 2.11. The lowest BCUT2D eigenvalue weighted by atomic mass is 10.1. The maximum absolute atomic E-state index is 5.90. The second-order valence-electron chi connectivity index (χ2n) is 5.51. The first-order valence-corrected chi connectivity index (χ1v) is 8.02. The molecule has 0 spiro atoms. The van der Waals surface area contributed by atoms with E-state index in [1.807, 2.05) is 42.5 Å². The largest absolute Gasteiger partial charge is 0.497 e. The summed E-state index contributed by atoms with van der Waals surface area (Å²) in [4.78, 5) is 4.51. The number of hydrogen-bond donors (Lipinski definition) is 1. The van der Waals surface area contributed by atoms with Gasteiger partial charge in [-0.25, -0.2) is 0 Å². The Balaban J connectivity index is 1.71. The smallest absolute Gasteiger partial charge is 0.161 e. The standard InChI is InChI=1S/C19H22N2O3/c1-22-16-7-4-14(5-8-16)13-24-17-9-6-15(12-18(17)23-2)19-20-10-3-11-21-19/h4-9,12H,3,10-11,13H2,1-2H3,(H,20,21). The Morgan fingerprint density at radius 1 is 1.00 bits per heavy atom. The highest BCUT2D eigenvalue weighted by molar-refractivity contribution is 5.99. The van der Waals surface area contributed by atoms with Gasteiger partial charge in [0.2, 0.25) is 0 Å². The predicted molar refractivity (Wildman–Crippen MR) is 94.3 cm³/mol. The van der Waals surface area contributed by atoms with Crippen molar-refractivity contribution in [2.45, 2.75) is 13.0 Å². The van der Waals surface area contributed by atoms with E-state index >= 15 is 0 Å². The number of hydrogen-bond acceptors (Lipinski definition) is 5. The maximum Gasteiger partial charge on any atom is 0.161 e. The summed E-state index contributed by atoms with van der Waals surface area (Å²) >= 11 is 0. The summed E-state index contributed by atoms with van der Waals surface area (Å²) in [6, 6.07) is 13.7. The molecule has 0 bridgehead atoms. The Hall–Kier alpha value is -2.69. The summed E-state index contributed by atoms with van der Waals surface area (Å²) in [5.41, 5.74) is 2.09. The van der Waals surface area contributed by atoms with Crippen molar-refractivity contribution in [2.24, 2.45) is 4.99 Å². The highest BCUT2D eigenvalue weighted by atomic mass is 16.5. The lowest BCUT2D eigenvalue weighted by molar-refractivity contribution is 0.284. The molecule has 0 radical (unpaired) electrons. The summed E-state index contributed by atoms with van der Waals surface area (Å²) in [5, 5.41) is 3.32. The fourth-order valence-electron chi connectivity index (χ4n) is 2.54. The van der Waals surface area contributed by atoms with E-state index in [9.17, 15) is 0 Å². The molecule has 0 unspecified atom stereocenters. The minimum absolute atomic E-state index is 0.471. The van der Waals surface area contributed by atoms with Crippen molar-refractivity contribution < 1.29 is 14.2 Å². The zero-order valence-corrected chi connectivity index (χ0v) is 14.0. The molecule has 0 saturated carbocycles. The van der Waals surface area contributed by atoms with Crippen molar-refractivity contribution in [3.05, 3.63) is 53.6 Å². The van der Waals surface area contributed by atoms with Crippen LogP contribution in [0.25, 0.3) is 0 Å². The van der Waals surface area contributed by atoms with E-state index in [0.717, 1.165) is 42.2 Å². The maximum atomic E-state index is 5.90. The third kappa shape index (κ3) is 3.79. The lowest BCUT2D eigenvalue weighted by Gasteiger charge is -2.17. The van der Waals surface area contributed by atoms with Crippen LogP contribution in [0.1, 0.15) is 17.5 Å². The molecule has 0 amide bonds. The molecule has 0 atom stereocenters. The van der Waals surface area contributed by atoms with Gasteiger partial charge in [-0.1, -0.05) is 12.1 Å². The van der Waals surface area contributed by atoms with Gasteiger partial charge in [-0.15, -0.1) is 0 Å². The van der Waals surface area contributed by atoms with Gasteiger partial charge < -0.3 is 19.5 Å². The average Bonchev–Trinajstić information content (AvgIpc) is 2.67. The van der Waals surface area contributed by atoms with E-state index in [2.05, 4.69) is 10.3 Å². The van der Waals surface area contributed by atoms with Gasteiger partial charge in [0.15, 0.2) is 11.5 Å². The van der Waals surface area contributed by atoms with Crippen molar-refractivity contribution >= 4 is 5.84 Å². The molecule has 0 fully saturated rings. The summed E-state index contributed by atoms with van der Waals surface area (Å²) in [7, 11) is 3.30. The molecule has 2 aromatic rings. The van der Waals surface area contributed by atoms with Gasteiger partial charge in [-0.3, -0.25) is 4.99 Å². The van der Waals surface area contributed by atoms with Gasteiger partial charge in [0.1, 0.15) is 18.2 Å². The normalized spacial score (nSPS) is 13.7. The van der Waals surface area contributed by atoms with Crippen molar-refractivity contribution in [1.29, 1.82) is 0 Å². The monoisotopic (exact) mass is 326 g/mol. The van der Waals surface area contributed by atoms with Crippen LogP contribution < -0.4 is 19.5 Å². The van der Waals surface area contributed by atoms with Crippen molar-refractivity contribution in [1.82, 2.24) is 5.32 Å². The molecule has 3 rings (SSSR count). The predicted octanol–water partition coefficient (Wildman–Crippen LogP) is 3.02. The first-order valence-electron chi connectivity index (χ1n) is 8.02. The molecule has 5 heteroatoms. The van der Waals surface area contributed by atoms with Gasteiger partial charge >= 0.3 is 0 Å². The number of nitrogens with zero attached hydrogens (tertiary/aromatic N) is 1. The van der Waals surface area contributed by atoms with Crippen LogP contribution in [-0.2, 0) is 6.61 Å². The van der Waals surface area contributed by atoms with Gasteiger partial charge in [0, 0.05) is 18.7 Å². The van der Waals surface area contributed by atoms with E-state index in [4.69, 9.17) is 14.2 Å². The molecule has 1 N–H and O–H groups in total. The fourth-order valence-corrected chi connectivity index (χ4v) is 2.54. The Labute approximate surface area is 142 Å². The molecular formula is C19H22N2O3. The van der Waals surface area contributed by atoms with Crippen LogP contribution in [0.2, 0.25) is 0 Å². The molecule has 2 aromatic carbocycles. The summed E-state index contributed by atoms with van der Waals surface area (Å²) in [6.45, 7) is 2.29. The number of nitrogens with one attached hydrogen (secondary N) is 1. The molecule has 0 saturated heterocycles. The summed E-state index contributed by atoms with van der Waals surface area (Å²) < 4.78 is 16.5. The third-order valence-electron chi connectivity index (χ3n) is 3.89. The SMILES string of the molecule is COc1ccc(COc2ccc(C3=NCCCN3)cc2OC)cc1. The average molecular weight is 326 g/mol. The number of rotatable bonds is 6. The van der Waals surface area contributed by atoms with Crippen LogP contribution in [0.15, 0.2) is 47.5 Å². The van der Waals surface area contributed by atoms with Crippen molar-refractivity contribution in [3.8, 4) is 17.2 Å². The van der Waals surface area contributed by atoms with Crippen molar-refractivity contribution in [3.63, 3.8) is 0 Å². The zero-order chi connectivity index (χ0) is 16.8. The van der Waals surface area contributed by atoms with Gasteiger partial charge in [0.05, 0.1) is 14.2 Å². The highest BCUT2D eigenvalue weighted by Crippen LogP contribution is 2.29. The van der Waals surface area contributed by atoms with Crippen LogP contribution in [-0.4, -0.2) is 33.1 Å². The molecule has 0 aliphatic carbocycles. The van der Waals surface area contributed by atoms with E-state index in [0.29, 0.717) is 18.1 Å². The Morgan fingerprint density at radius 2 is 1.83 bits per heavy atom. The lowest BCUT2D eigenvalue weighted by Crippen LogP contribution is -2.30. The topological polar surface area (TPSA) is 52.1 Å². The Morgan fingerprint density at radius 3 is 2.50 bits per heavy atom. The molecule has 1 aliphatic heterocycles. The Kier molecular flexibility index (Phi) is 5.21. The quantitative estimate of drug-likeness (QED) is 0.886. The van der Waals surface area contributed by atoms with Crippen LogP contribution >= 0.6 is 0 Å². The molecule has 5 nitrogen and oxygen atoms in total. The van der Waals surface area contributed by atoms with Gasteiger partial charge in [0.25, 0.3) is 0 Å². The first-order chi connectivity index (χ1) is 11.8. The fraction of sp³-hybridized carbons (Fsp3) is 0.316. The molecule has 1 aliphatic rings. The number of amidine groups is 1. The van der Waals surface area contributed by atoms with E-state index < -0.39 is 0 Å². The number of benzene rings is 2. The minimum Gasteiger partial charge on any atom is -0.497 e. The Bertz CT molecular complexity index is 711. The molecule has 126 valence electrons. The van der Waals surface area contributed by atoms with Crippen LogP contribution in [0.5, 0.6) is 17.2 Å². The number of ether oxygens (including phenoxy) is 3. The third-order valence-corrected chi connectivity index (χ3v) is 3.89. The van der Waals surface area contributed by atoms with E-state index in [1.54, 1.807) is 14.2 Å². The summed E-state index contributed by atoms with van der Waals surface area (Å²) in [6.07, 6.45) is 1.07.